The van der Waals surface area contributed by atoms with E-state index >= 15 is 0 Å². The van der Waals surface area contributed by atoms with Gasteiger partial charge < -0.3 is 119 Å². The van der Waals surface area contributed by atoms with Gasteiger partial charge in [0.05, 0.1) is 79.2 Å². The number of aliphatic hydroxyl groups is 1. The zero-order valence-corrected chi connectivity index (χ0v) is 80.1. The van der Waals surface area contributed by atoms with E-state index < -0.39 is 74.3 Å². The van der Waals surface area contributed by atoms with Crippen molar-refractivity contribution in [2.45, 2.75) is 202 Å². The molecular formula is C85H125B4Cl5N10O25. The van der Waals surface area contributed by atoms with Crippen molar-refractivity contribution in [3.8, 4) is 28.7 Å². The van der Waals surface area contributed by atoms with Gasteiger partial charge in [-0.25, -0.2) is 0 Å². The molecule has 0 bridgehead atoms. The van der Waals surface area contributed by atoms with Crippen molar-refractivity contribution in [1.82, 2.24) is 20.9 Å². The first-order valence-corrected chi connectivity index (χ1v) is 43.2. The number of alkyl halides is 5. The number of nitro groups is 2. The Morgan fingerprint density at radius 2 is 0.721 bits per heavy atom. The first-order chi connectivity index (χ1) is 60.4. The summed E-state index contributed by atoms with van der Waals surface area (Å²) in [7, 11) is 4.82. The molecule has 5 atom stereocenters. The maximum atomic E-state index is 12.1. The minimum atomic E-state index is -0.930. The normalized spacial score (nSPS) is 11.9. The number of hydrogen-bond acceptors (Lipinski definition) is 32. The van der Waals surface area contributed by atoms with Gasteiger partial charge in [-0.1, -0.05) is 0 Å². The molecule has 0 aliphatic carbocycles. The molecule has 5 aromatic rings. The number of hydrogen-bond donors (Lipinski definition) is 9. The molecule has 0 aliphatic rings. The number of carbonyl (C=O) groups excluding carboxylic acids is 9. The number of esters is 4. The fourth-order valence-electron chi connectivity index (χ4n) is 10.4. The van der Waals surface area contributed by atoms with E-state index in [2.05, 4.69) is 30.7 Å². The molecule has 35 nitrogen and oxygen atoms in total. The number of phenolic OH excluding ortho intramolecular Hbond substituents is 1. The predicted octanol–water partition coefficient (Wildman–Crippen LogP) is 10.4. The second kappa shape index (κ2) is 66.8. The number of carbonyl (C=O) groups is 10. The van der Waals surface area contributed by atoms with Crippen molar-refractivity contribution in [3.05, 3.63) is 139 Å². The standard InChI is InChI=1S/C20H30BCl2N2O4.C16H22BN2O6.C16H24BN2O4.C15H22Cl2N2O3.C9H17BNO4.C7H7NO3.C2H3ClO/c1-15-11-17(25(9-7-22)10-8-23)5-6-18(15)28-13-16(24-21-14-26)12-19(27)29-20(2,3)4;1-11-7-13(19(22)23)5-6-14(11)24-9-12(18-17-10-20)8-15(21)25-16(2,3)4;1-11-7-12(18)5-6-14(11)22-9-13(19-17-10-20)8-15(21)23-16(2,3)4;1-11-8-13(19(6-4-16)7-5-17)2-3-14(11)22-10-12(18)9-15(20)21;1-9(2,3)15-8(14)4-7(5-12)11-10-6-13;1-5-4-6(8(10)11)2-3-7(5)9;3-1-2-4/h5-6,11,14,16,24H,7-10,12-13H2,1-4H3;5-7,10,12,18H,8-9H2,1-4H3;5-7,10,13,19H,8-9,18H2,1-4H3;2-3,8,12H,4-7,9-10,18H2,1H3,(H,20,21);6-7,11-12H,4-5H2,1-3H3;2-4,9H,1H3;2H,1H2/t16-;12-;13-;12-;7-;;/m11111../s1. The Kier molecular flexibility index (Phi) is 62.9. The topological polar surface area (TPSA) is 498 Å². The number of aromatic hydroxyl groups is 1. The van der Waals surface area contributed by atoms with Gasteiger partial charge in [-0.15, -0.1) is 58.0 Å². The molecule has 44 heteroatoms. The van der Waals surface area contributed by atoms with Crippen LogP contribution in [-0.4, -0.2) is 257 Å². The number of anilines is 3. The Morgan fingerprint density at radius 1 is 0.442 bits per heavy atom. The van der Waals surface area contributed by atoms with Gasteiger partial charge in [-0.2, -0.15) is 0 Å². The highest BCUT2D eigenvalue weighted by Gasteiger charge is 2.27. The molecule has 0 aliphatic heterocycles. The zero-order chi connectivity index (χ0) is 98.6. The molecule has 0 heterocycles. The Bertz CT molecular complexity index is 4200. The lowest BCUT2D eigenvalue weighted by atomic mass is 9.96. The minimum Gasteiger partial charge on any atom is -0.508 e. The molecule has 11 N–H and O–H groups in total. The molecule has 0 amide bonds. The van der Waals surface area contributed by atoms with E-state index in [1.807, 2.05) is 84.0 Å². The van der Waals surface area contributed by atoms with E-state index in [1.165, 1.54) is 58.6 Å². The van der Waals surface area contributed by atoms with Gasteiger partial charge in [0, 0.05) is 121 Å². The number of aldehydes is 1. The van der Waals surface area contributed by atoms with Gasteiger partial charge >= 0.3 is 29.8 Å². The lowest BCUT2D eigenvalue weighted by Crippen LogP contribution is -2.41. The number of carboxylic acid groups (broad SMARTS) is 1. The second-order valence-electron chi connectivity index (χ2n) is 32.0. The quantitative estimate of drug-likeness (QED) is 0.00255. The third-order valence-electron chi connectivity index (χ3n) is 15.8. The van der Waals surface area contributed by atoms with Crippen molar-refractivity contribution in [2.24, 2.45) is 5.73 Å². The third kappa shape index (κ3) is 60.9. The van der Waals surface area contributed by atoms with Crippen LogP contribution in [0.25, 0.3) is 0 Å². The fourth-order valence-corrected chi connectivity index (χ4v) is 11.2. The van der Waals surface area contributed by atoms with Crippen LogP contribution in [0.4, 0.5) is 28.4 Å². The van der Waals surface area contributed by atoms with Crippen molar-refractivity contribution >= 4 is 177 Å². The number of non-ortho nitro benzene ring substituents is 2. The number of nitrogens with two attached hydrogens (primary N) is 2. The van der Waals surface area contributed by atoms with Gasteiger partial charge in [0.2, 0.25) is 0 Å². The van der Waals surface area contributed by atoms with E-state index in [0.717, 1.165) is 48.6 Å². The SMILES string of the molecule is CC(C)(C)OC(=O)C[C@H](CO)N[B]C=O.Cc1cc(N(CCCl)CCCl)ccc1OC[C@@H](CC(=O)OC(C)(C)C)N[B]C=O.Cc1cc(N(CCCl)CCCl)ccc1OC[C@H](N)CC(=O)O.Cc1cc(N)ccc1OC[C@@H](CC(=O)OC(C)(C)C)N[B]C=O.Cc1cc([N+](=O)[O-])ccc1O.Cc1cc([N+](=O)[O-])ccc1OC[C@@H](CC(=O)OC(C)(C)C)N[B]C=O.O=CCCl. The largest absolute Gasteiger partial charge is 0.508 e. The summed E-state index contributed by atoms with van der Waals surface area (Å²) in [5.74, 6) is 2.34. The van der Waals surface area contributed by atoms with E-state index in [1.54, 1.807) is 88.3 Å². The summed E-state index contributed by atoms with van der Waals surface area (Å²) in [5.41, 5.74) is 15.7. The molecule has 712 valence electrons. The number of aliphatic hydroxyl groups excluding tert-OH is 1. The van der Waals surface area contributed by atoms with E-state index in [0.29, 0.717) is 107 Å². The van der Waals surface area contributed by atoms with Gasteiger partial charge in [0.1, 0.15) is 83.9 Å². The summed E-state index contributed by atoms with van der Waals surface area (Å²) in [6, 6.07) is 22.9. The highest BCUT2D eigenvalue weighted by atomic mass is 35.5. The molecule has 0 aromatic heterocycles. The first kappa shape index (κ1) is 122. The number of phenols is 1. The zero-order valence-electron chi connectivity index (χ0n) is 76.3. The van der Waals surface area contributed by atoms with Crippen LogP contribution in [0.5, 0.6) is 28.7 Å². The summed E-state index contributed by atoms with van der Waals surface area (Å²) in [5, 5.41) is 58.6. The van der Waals surface area contributed by atoms with Crippen LogP contribution in [0.3, 0.4) is 0 Å². The molecule has 5 aromatic carbocycles. The average Bonchev–Trinajstić information content (AvgIpc) is 0.879. The number of aliphatic carboxylic acids is 1. The number of benzene rings is 5. The summed E-state index contributed by atoms with van der Waals surface area (Å²) in [6.45, 7) is 33.8. The highest BCUT2D eigenvalue weighted by Crippen LogP contribution is 2.29. The molecule has 0 fully saturated rings. The molecule has 0 unspecified atom stereocenters. The second-order valence-corrected chi connectivity index (χ2v) is 33.8. The van der Waals surface area contributed by atoms with Crippen LogP contribution in [0.2, 0.25) is 0 Å². The molecule has 5 rings (SSSR count). The van der Waals surface area contributed by atoms with Crippen LogP contribution in [0, 0.1) is 54.8 Å². The molecule has 0 spiro atoms. The first-order valence-electron chi connectivity index (χ1n) is 40.5. The van der Waals surface area contributed by atoms with E-state index in [9.17, 15) is 63.4 Å². The average molecular weight is 1910 g/mol. The lowest BCUT2D eigenvalue weighted by molar-refractivity contribution is -0.385. The van der Waals surface area contributed by atoms with Crippen molar-refractivity contribution in [2.75, 3.05) is 104 Å². The van der Waals surface area contributed by atoms with Crippen molar-refractivity contribution in [1.29, 1.82) is 0 Å². The maximum Gasteiger partial charge on any atom is 0.307 e. The van der Waals surface area contributed by atoms with Gasteiger partial charge in [-0.05, 0) is 212 Å². The maximum absolute atomic E-state index is 12.1. The number of nitrogen functional groups attached to an aromatic ring is 1. The predicted molar refractivity (Wildman–Crippen MR) is 508 cm³/mol. The summed E-state index contributed by atoms with van der Waals surface area (Å²) < 4.78 is 43.8. The van der Waals surface area contributed by atoms with Gasteiger partial charge in [0.15, 0.2) is 0 Å². The molecule has 0 saturated heterocycles. The van der Waals surface area contributed by atoms with E-state index in [4.69, 9.17) is 127 Å². The molecule has 4 radical (unpaired) electrons. The minimum absolute atomic E-state index is 0.000278. The van der Waals surface area contributed by atoms with Crippen LogP contribution < -0.4 is 61.1 Å². The lowest BCUT2D eigenvalue weighted by Gasteiger charge is -2.25. The molecular weight excluding hydrogens is 1780 g/mol. The highest BCUT2D eigenvalue weighted by molar-refractivity contribution is 6.65. The van der Waals surface area contributed by atoms with E-state index in [-0.39, 0.29) is 106 Å². The number of nitrogens with one attached hydrogen (secondary N) is 4. The van der Waals surface area contributed by atoms with Crippen molar-refractivity contribution in [3.63, 3.8) is 0 Å². The Labute approximate surface area is 784 Å². The number of rotatable bonds is 48. The number of nitrogens with zero attached hydrogens (tertiary/aromatic N) is 4. The molecule has 129 heavy (non-hydrogen) atoms. The fraction of sp³-hybridized carbons (Fsp3) is 0.529. The number of ether oxygens (including phenoxy) is 8. The van der Waals surface area contributed by atoms with Gasteiger partial charge in [0.25, 0.3) is 41.0 Å². The number of carboxylic acids is 1. The summed E-state index contributed by atoms with van der Waals surface area (Å²) in [6.07, 6.45) is 3.11. The van der Waals surface area contributed by atoms with Crippen LogP contribution in [0.1, 0.15) is 143 Å². The summed E-state index contributed by atoms with van der Waals surface area (Å²) >= 11 is 28.2. The third-order valence-corrected chi connectivity index (χ3v) is 16.7. The monoisotopic (exact) mass is 1900 g/mol. The van der Waals surface area contributed by atoms with Crippen molar-refractivity contribution < 1.29 is 111 Å². The Balaban J connectivity index is 0. The summed E-state index contributed by atoms with van der Waals surface area (Å²) in [4.78, 5) is 133. The smallest absolute Gasteiger partial charge is 0.307 e. The number of aryl methyl sites for hydroxylation is 5. The van der Waals surface area contributed by atoms with Crippen LogP contribution in [-0.2, 0) is 66.9 Å². The van der Waals surface area contributed by atoms with Gasteiger partial charge in [-0.3, -0.25) is 44.2 Å². The number of halogens is 5. The van der Waals surface area contributed by atoms with Crippen LogP contribution >= 0.6 is 58.0 Å². The Hall–Kier alpha value is -9.53. The molecule has 0 saturated carbocycles. The Morgan fingerprint density at radius 3 is 0.984 bits per heavy atom. The number of nitro benzene ring substituents is 2. The van der Waals surface area contributed by atoms with Crippen LogP contribution in [0.15, 0.2) is 91.0 Å².